The minimum absolute atomic E-state index is 0.0611. The molecule has 9 nitrogen and oxygen atoms in total. The summed E-state index contributed by atoms with van der Waals surface area (Å²) >= 11 is 13.0. The third-order valence-corrected chi connectivity index (χ3v) is 8.03. The summed E-state index contributed by atoms with van der Waals surface area (Å²) in [6.45, 7) is 2.93. The third kappa shape index (κ3) is 6.04. The number of nitrogens with zero attached hydrogens (tertiary/aromatic N) is 1. The van der Waals surface area contributed by atoms with Crippen LogP contribution in [0.1, 0.15) is 28.4 Å². The van der Waals surface area contributed by atoms with E-state index in [4.69, 9.17) is 47.1 Å². The van der Waals surface area contributed by atoms with Crippen molar-refractivity contribution in [2.24, 2.45) is 0 Å². The van der Waals surface area contributed by atoms with Crippen molar-refractivity contribution in [1.29, 1.82) is 0 Å². The Morgan fingerprint density at radius 2 is 1.77 bits per heavy atom. The van der Waals surface area contributed by atoms with Gasteiger partial charge in [0.15, 0.2) is 0 Å². The first-order valence-electron chi connectivity index (χ1n) is 13.8. The molecule has 0 aliphatic heterocycles. The molecule has 0 aliphatic carbocycles. The van der Waals surface area contributed by atoms with Crippen molar-refractivity contribution in [3.05, 3.63) is 87.7 Å². The van der Waals surface area contributed by atoms with Gasteiger partial charge < -0.3 is 29.2 Å². The summed E-state index contributed by atoms with van der Waals surface area (Å²) in [5.41, 5.74) is 4.47. The standard InChI is InChI=1S/C33H31Cl2N3O6/c1-5-44-17-18-13-25(41-2)27(26(14-18)42-3)22-9-8-19(21-7-6-11-36-31(21)22)16-24(33(40)43-4)38-32(39)28-23(34)15-20-10-12-37-30(20)29(28)35/h6-15,24,37H,5,16-17H2,1-4H3,(H,38,39)/t24-/m0/s1. The van der Waals surface area contributed by atoms with Crippen LogP contribution in [0.5, 0.6) is 11.5 Å². The van der Waals surface area contributed by atoms with Crippen LogP contribution in [-0.4, -0.2) is 55.8 Å². The van der Waals surface area contributed by atoms with E-state index in [-0.39, 0.29) is 22.0 Å². The lowest BCUT2D eigenvalue weighted by molar-refractivity contribution is -0.142. The summed E-state index contributed by atoms with van der Waals surface area (Å²) in [6.07, 6.45) is 3.51. The van der Waals surface area contributed by atoms with Crippen molar-refractivity contribution in [1.82, 2.24) is 15.3 Å². The molecule has 5 rings (SSSR count). The van der Waals surface area contributed by atoms with E-state index < -0.39 is 17.9 Å². The molecule has 2 N–H and O–H groups in total. The van der Waals surface area contributed by atoms with Crippen LogP contribution in [-0.2, 0) is 27.3 Å². The van der Waals surface area contributed by atoms with Crippen molar-refractivity contribution in [2.75, 3.05) is 27.9 Å². The number of pyridine rings is 1. The van der Waals surface area contributed by atoms with Gasteiger partial charge >= 0.3 is 5.97 Å². The maximum absolute atomic E-state index is 13.5. The van der Waals surface area contributed by atoms with Gasteiger partial charge in [0.05, 0.1) is 60.1 Å². The molecule has 1 atom stereocenters. The number of ether oxygens (including phenoxy) is 4. The van der Waals surface area contributed by atoms with E-state index in [1.807, 2.05) is 43.3 Å². The number of carbonyl (C=O) groups is 2. The zero-order chi connectivity index (χ0) is 31.4. The molecular formula is C33H31Cl2N3O6. The SMILES string of the molecule is CCOCc1cc(OC)c(-c2ccc(C[C@H](NC(=O)c3c(Cl)cc4cc[nH]c4c3Cl)C(=O)OC)c3cccnc23)c(OC)c1. The highest BCUT2D eigenvalue weighted by Crippen LogP contribution is 2.43. The fourth-order valence-electron chi connectivity index (χ4n) is 5.27. The molecule has 0 saturated heterocycles. The van der Waals surface area contributed by atoms with Crippen LogP contribution >= 0.6 is 23.2 Å². The lowest BCUT2D eigenvalue weighted by Crippen LogP contribution is -2.43. The topological polar surface area (TPSA) is 112 Å². The number of aromatic amines is 1. The van der Waals surface area contributed by atoms with Crippen molar-refractivity contribution < 1.29 is 28.5 Å². The van der Waals surface area contributed by atoms with Crippen LogP contribution in [0, 0.1) is 0 Å². The Bertz CT molecular complexity index is 1830. The molecule has 228 valence electrons. The lowest BCUT2D eigenvalue weighted by atomic mass is 9.93. The fraction of sp³-hybridized carbons (Fsp3) is 0.242. The highest BCUT2D eigenvalue weighted by atomic mass is 35.5. The monoisotopic (exact) mass is 635 g/mol. The van der Waals surface area contributed by atoms with E-state index in [9.17, 15) is 9.59 Å². The molecule has 0 unspecified atom stereocenters. The van der Waals surface area contributed by atoms with Gasteiger partial charge in [-0.1, -0.05) is 41.4 Å². The van der Waals surface area contributed by atoms with Gasteiger partial charge in [-0.2, -0.15) is 0 Å². The van der Waals surface area contributed by atoms with Gasteiger partial charge in [-0.15, -0.1) is 0 Å². The number of aromatic nitrogens is 2. The second-order valence-corrected chi connectivity index (χ2v) is 10.7. The number of hydrogen-bond acceptors (Lipinski definition) is 7. The Labute approximate surface area is 264 Å². The van der Waals surface area contributed by atoms with Gasteiger partial charge in [-0.3, -0.25) is 9.78 Å². The van der Waals surface area contributed by atoms with Crippen LogP contribution in [0.4, 0.5) is 0 Å². The number of carbonyl (C=O) groups excluding carboxylic acids is 2. The van der Waals surface area contributed by atoms with Crippen molar-refractivity contribution in [3.63, 3.8) is 0 Å². The number of H-pyrrole nitrogens is 1. The molecule has 11 heteroatoms. The van der Waals surface area contributed by atoms with Gasteiger partial charge in [-0.25, -0.2) is 4.79 Å². The van der Waals surface area contributed by atoms with Gasteiger partial charge in [0.25, 0.3) is 5.91 Å². The second kappa shape index (κ2) is 13.5. The number of rotatable bonds is 11. The number of nitrogens with one attached hydrogen (secondary N) is 2. The molecule has 44 heavy (non-hydrogen) atoms. The summed E-state index contributed by atoms with van der Waals surface area (Å²) in [7, 11) is 4.47. The number of fused-ring (bicyclic) bond motifs is 2. The molecule has 2 heterocycles. The van der Waals surface area contributed by atoms with Crippen LogP contribution in [0.15, 0.2) is 60.9 Å². The summed E-state index contributed by atoms with van der Waals surface area (Å²) in [6, 6.07) is 13.7. The number of benzene rings is 3. The van der Waals surface area contributed by atoms with Crippen LogP contribution in [0.25, 0.3) is 32.9 Å². The third-order valence-electron chi connectivity index (χ3n) is 7.35. The Morgan fingerprint density at radius 1 is 1.02 bits per heavy atom. The van der Waals surface area contributed by atoms with E-state index in [1.54, 1.807) is 38.7 Å². The highest BCUT2D eigenvalue weighted by molar-refractivity contribution is 6.43. The maximum Gasteiger partial charge on any atom is 0.328 e. The molecule has 0 spiro atoms. The molecule has 0 saturated carbocycles. The van der Waals surface area contributed by atoms with Crippen LogP contribution < -0.4 is 14.8 Å². The quantitative estimate of drug-likeness (QED) is 0.154. The van der Waals surface area contributed by atoms with Gasteiger partial charge in [0.1, 0.15) is 17.5 Å². The molecule has 3 aromatic carbocycles. The van der Waals surface area contributed by atoms with E-state index in [0.717, 1.165) is 33.0 Å². The molecule has 0 fully saturated rings. The number of halogens is 2. The number of amides is 1. The van der Waals surface area contributed by atoms with Gasteiger partial charge in [-0.05, 0) is 48.4 Å². The van der Waals surface area contributed by atoms with Gasteiger partial charge in [0, 0.05) is 41.8 Å². The van der Waals surface area contributed by atoms with E-state index >= 15 is 0 Å². The minimum Gasteiger partial charge on any atom is -0.496 e. The fourth-order valence-corrected chi connectivity index (χ4v) is 5.97. The summed E-state index contributed by atoms with van der Waals surface area (Å²) in [5, 5.41) is 4.64. The van der Waals surface area contributed by atoms with Gasteiger partial charge in [0.2, 0.25) is 0 Å². The number of methoxy groups -OCH3 is 3. The van der Waals surface area contributed by atoms with Crippen molar-refractivity contribution in [3.8, 4) is 22.6 Å². The Kier molecular flexibility index (Phi) is 9.58. The van der Waals surface area contributed by atoms with E-state index in [2.05, 4.69) is 10.3 Å². The lowest BCUT2D eigenvalue weighted by Gasteiger charge is -2.20. The molecule has 2 aromatic heterocycles. The molecule has 0 radical (unpaired) electrons. The van der Waals surface area contributed by atoms with Crippen LogP contribution in [0.3, 0.4) is 0 Å². The predicted octanol–water partition coefficient (Wildman–Crippen LogP) is 6.76. The summed E-state index contributed by atoms with van der Waals surface area (Å²) in [5.74, 6) is -0.0223. The first-order valence-corrected chi connectivity index (χ1v) is 14.6. The highest BCUT2D eigenvalue weighted by Gasteiger charge is 2.27. The predicted molar refractivity (Wildman–Crippen MR) is 171 cm³/mol. The Hall–Kier alpha value is -4.31. The largest absolute Gasteiger partial charge is 0.496 e. The molecule has 0 aliphatic rings. The average molecular weight is 637 g/mol. The molecule has 0 bridgehead atoms. The van der Waals surface area contributed by atoms with E-state index in [0.29, 0.717) is 35.7 Å². The second-order valence-electron chi connectivity index (χ2n) is 9.93. The maximum atomic E-state index is 13.5. The average Bonchev–Trinajstić information content (AvgIpc) is 3.51. The molecule has 1 amide bonds. The van der Waals surface area contributed by atoms with Crippen molar-refractivity contribution in [2.45, 2.75) is 26.0 Å². The first kappa shape index (κ1) is 31.1. The Balaban J connectivity index is 1.54. The Morgan fingerprint density at radius 3 is 2.45 bits per heavy atom. The number of esters is 1. The zero-order valence-corrected chi connectivity index (χ0v) is 26.1. The smallest absolute Gasteiger partial charge is 0.328 e. The zero-order valence-electron chi connectivity index (χ0n) is 24.6. The first-order chi connectivity index (χ1) is 21.3. The van der Waals surface area contributed by atoms with Crippen LogP contribution in [0.2, 0.25) is 10.0 Å². The van der Waals surface area contributed by atoms with Crippen molar-refractivity contribution >= 4 is 56.9 Å². The van der Waals surface area contributed by atoms with E-state index in [1.165, 1.54) is 7.11 Å². The minimum atomic E-state index is -1.05. The summed E-state index contributed by atoms with van der Waals surface area (Å²) < 4.78 is 22.2. The summed E-state index contributed by atoms with van der Waals surface area (Å²) in [4.78, 5) is 34.1. The molecular weight excluding hydrogens is 605 g/mol. The number of hydrogen-bond donors (Lipinski definition) is 2. The molecule has 5 aromatic rings. The normalized spacial score (nSPS) is 11.9.